The standard InChI is InChI=1S/C21H27ClN4O2/c1-3-6-16(22)7-4-5-8-18(28)25-9-11-26(12-10-25)21-19-15(2)13-17(27)20(19)23-14-24-21/h3-7,14-15,17,27H,8-13H2,1-2H3/b5-4+,6-3-,16-7+/t15-,17?/m1/s1. The Kier molecular flexibility index (Phi) is 6.86. The molecule has 28 heavy (non-hydrogen) atoms. The minimum absolute atomic E-state index is 0.114. The van der Waals surface area contributed by atoms with Crippen molar-refractivity contribution in [3.05, 3.63) is 53.0 Å². The van der Waals surface area contributed by atoms with Gasteiger partial charge in [-0.15, -0.1) is 0 Å². The summed E-state index contributed by atoms with van der Waals surface area (Å²) in [5.74, 6) is 1.27. The van der Waals surface area contributed by atoms with Gasteiger partial charge in [-0.3, -0.25) is 4.79 Å². The Morgan fingerprint density at radius 3 is 2.79 bits per heavy atom. The molecule has 1 N–H and O–H groups in total. The molecule has 2 atom stereocenters. The number of carbonyl (C=O) groups excluding carboxylic acids is 1. The van der Waals surface area contributed by atoms with Crippen molar-refractivity contribution in [2.45, 2.75) is 38.7 Å². The quantitative estimate of drug-likeness (QED) is 0.765. The van der Waals surface area contributed by atoms with Gasteiger partial charge in [0, 0.05) is 43.2 Å². The van der Waals surface area contributed by atoms with Crippen molar-refractivity contribution in [1.29, 1.82) is 0 Å². The second kappa shape index (κ2) is 9.34. The number of anilines is 1. The van der Waals surface area contributed by atoms with E-state index in [1.165, 1.54) is 6.33 Å². The number of aromatic nitrogens is 2. The van der Waals surface area contributed by atoms with Crippen LogP contribution in [0.25, 0.3) is 0 Å². The summed E-state index contributed by atoms with van der Waals surface area (Å²) in [5, 5.41) is 10.8. The van der Waals surface area contributed by atoms with Crippen LogP contribution in [0.1, 0.15) is 50.0 Å². The van der Waals surface area contributed by atoms with Crippen LogP contribution in [0.15, 0.2) is 41.7 Å². The number of amides is 1. The molecule has 1 saturated heterocycles. The number of hydrogen-bond acceptors (Lipinski definition) is 5. The van der Waals surface area contributed by atoms with Gasteiger partial charge in [-0.05, 0) is 31.4 Å². The van der Waals surface area contributed by atoms with Gasteiger partial charge in [0.2, 0.25) is 5.91 Å². The fraction of sp³-hybridized carbons (Fsp3) is 0.476. The zero-order valence-electron chi connectivity index (χ0n) is 16.4. The van der Waals surface area contributed by atoms with Crippen LogP contribution in [-0.2, 0) is 4.79 Å². The summed E-state index contributed by atoms with van der Waals surface area (Å²) in [5.41, 5.74) is 1.81. The molecule has 0 saturated carbocycles. The van der Waals surface area contributed by atoms with Gasteiger partial charge in [-0.1, -0.05) is 36.8 Å². The smallest absolute Gasteiger partial charge is 0.226 e. The van der Waals surface area contributed by atoms with Gasteiger partial charge in [0.25, 0.3) is 0 Å². The van der Waals surface area contributed by atoms with Crippen LogP contribution in [0, 0.1) is 0 Å². The molecule has 0 radical (unpaired) electrons. The largest absolute Gasteiger partial charge is 0.387 e. The number of halogens is 1. The molecule has 2 heterocycles. The topological polar surface area (TPSA) is 69.6 Å². The van der Waals surface area contributed by atoms with Crippen molar-refractivity contribution in [1.82, 2.24) is 14.9 Å². The number of piperazine rings is 1. The van der Waals surface area contributed by atoms with Gasteiger partial charge < -0.3 is 14.9 Å². The number of allylic oxidation sites excluding steroid dienone is 5. The minimum Gasteiger partial charge on any atom is -0.387 e. The maximum Gasteiger partial charge on any atom is 0.226 e. The van der Waals surface area contributed by atoms with Gasteiger partial charge >= 0.3 is 0 Å². The highest BCUT2D eigenvalue weighted by Gasteiger charge is 2.33. The average molecular weight is 403 g/mol. The van der Waals surface area contributed by atoms with E-state index in [0.717, 1.165) is 30.2 Å². The summed E-state index contributed by atoms with van der Waals surface area (Å²) in [6.45, 7) is 6.80. The fourth-order valence-electron chi connectivity index (χ4n) is 3.79. The van der Waals surface area contributed by atoms with Crippen LogP contribution < -0.4 is 4.90 Å². The third-order valence-electron chi connectivity index (χ3n) is 5.22. The lowest BCUT2D eigenvalue weighted by atomic mass is 10.1. The molecule has 1 aromatic heterocycles. The van der Waals surface area contributed by atoms with Crippen molar-refractivity contribution < 1.29 is 9.90 Å². The van der Waals surface area contributed by atoms with Crippen molar-refractivity contribution in [2.24, 2.45) is 0 Å². The van der Waals surface area contributed by atoms with Crippen molar-refractivity contribution >= 4 is 23.3 Å². The van der Waals surface area contributed by atoms with Gasteiger partial charge in [-0.25, -0.2) is 9.97 Å². The SMILES string of the molecule is C\C=C/C(Cl)=C\C=C\CC(=O)N1CCN(c2ncnc3c2[C@H](C)CC3O)CC1. The molecule has 0 aromatic carbocycles. The maximum absolute atomic E-state index is 12.4. The zero-order valence-corrected chi connectivity index (χ0v) is 17.1. The lowest BCUT2D eigenvalue weighted by Gasteiger charge is -2.36. The summed E-state index contributed by atoms with van der Waals surface area (Å²) in [4.78, 5) is 25.3. The summed E-state index contributed by atoms with van der Waals surface area (Å²) in [6, 6.07) is 0. The van der Waals surface area contributed by atoms with E-state index in [1.807, 2.05) is 30.1 Å². The highest BCUT2D eigenvalue weighted by molar-refractivity contribution is 6.31. The first-order valence-corrected chi connectivity index (χ1v) is 10.1. The van der Waals surface area contributed by atoms with E-state index in [9.17, 15) is 9.90 Å². The molecule has 1 aromatic rings. The Bertz CT molecular complexity index is 798. The average Bonchev–Trinajstić information content (AvgIpc) is 2.99. The van der Waals surface area contributed by atoms with E-state index in [4.69, 9.17) is 11.6 Å². The number of rotatable bonds is 5. The highest BCUT2D eigenvalue weighted by Crippen LogP contribution is 2.42. The molecular formula is C21H27ClN4O2. The molecule has 2 aliphatic rings. The Morgan fingerprint density at radius 1 is 1.32 bits per heavy atom. The Morgan fingerprint density at radius 2 is 2.07 bits per heavy atom. The monoisotopic (exact) mass is 402 g/mol. The minimum atomic E-state index is -0.503. The van der Waals surface area contributed by atoms with Gasteiger partial charge in [-0.2, -0.15) is 0 Å². The normalized spacial score (nSPS) is 23.1. The van der Waals surface area contributed by atoms with Crippen molar-refractivity contribution in [3.8, 4) is 0 Å². The Balaban J connectivity index is 1.56. The zero-order chi connectivity index (χ0) is 20.1. The van der Waals surface area contributed by atoms with Crippen LogP contribution in [0.4, 0.5) is 5.82 Å². The van der Waals surface area contributed by atoms with Gasteiger partial charge in [0.15, 0.2) is 0 Å². The van der Waals surface area contributed by atoms with Crippen LogP contribution in [0.3, 0.4) is 0 Å². The number of aliphatic hydroxyl groups excluding tert-OH is 1. The number of aliphatic hydroxyl groups is 1. The molecule has 6 nitrogen and oxygen atoms in total. The third-order valence-corrected chi connectivity index (χ3v) is 5.47. The molecule has 7 heteroatoms. The summed E-state index contributed by atoms with van der Waals surface area (Å²) in [7, 11) is 0. The molecule has 150 valence electrons. The van der Waals surface area contributed by atoms with E-state index in [2.05, 4.69) is 21.8 Å². The van der Waals surface area contributed by atoms with Crippen molar-refractivity contribution in [3.63, 3.8) is 0 Å². The lowest BCUT2D eigenvalue weighted by Crippen LogP contribution is -2.49. The lowest BCUT2D eigenvalue weighted by molar-refractivity contribution is -0.130. The molecule has 3 rings (SSSR count). The van der Waals surface area contributed by atoms with E-state index in [0.29, 0.717) is 31.0 Å². The number of hydrogen-bond donors (Lipinski definition) is 1. The number of nitrogens with zero attached hydrogens (tertiary/aromatic N) is 4. The van der Waals surface area contributed by atoms with Crippen molar-refractivity contribution in [2.75, 3.05) is 31.1 Å². The van der Waals surface area contributed by atoms with Crippen LogP contribution in [0.2, 0.25) is 0 Å². The van der Waals surface area contributed by atoms with Crippen LogP contribution >= 0.6 is 11.6 Å². The number of fused-ring (bicyclic) bond motifs is 1. The molecular weight excluding hydrogens is 376 g/mol. The molecule has 1 aliphatic heterocycles. The first kappa shape index (κ1) is 20.6. The Labute approximate surface area is 171 Å². The molecule has 1 amide bonds. The van der Waals surface area contributed by atoms with Crippen LogP contribution in [0.5, 0.6) is 0 Å². The first-order valence-electron chi connectivity index (χ1n) is 9.71. The maximum atomic E-state index is 12.4. The summed E-state index contributed by atoms with van der Waals surface area (Å²) < 4.78 is 0. The highest BCUT2D eigenvalue weighted by atomic mass is 35.5. The predicted molar refractivity (Wildman–Crippen MR) is 111 cm³/mol. The summed E-state index contributed by atoms with van der Waals surface area (Å²) in [6.07, 6.45) is 11.2. The molecule has 1 aliphatic carbocycles. The number of carbonyl (C=O) groups is 1. The van der Waals surface area contributed by atoms with E-state index in [-0.39, 0.29) is 11.8 Å². The second-order valence-corrected chi connectivity index (χ2v) is 7.64. The van der Waals surface area contributed by atoms with E-state index in [1.54, 1.807) is 12.2 Å². The molecule has 0 spiro atoms. The predicted octanol–water partition coefficient (Wildman–Crippen LogP) is 3.31. The molecule has 1 fully saturated rings. The van der Waals surface area contributed by atoms with Crippen LogP contribution in [-0.4, -0.2) is 52.1 Å². The third kappa shape index (κ3) is 4.62. The van der Waals surface area contributed by atoms with E-state index >= 15 is 0 Å². The molecule has 1 unspecified atom stereocenters. The second-order valence-electron chi connectivity index (χ2n) is 7.20. The Hall–Kier alpha value is -2.18. The molecule has 0 bridgehead atoms. The first-order chi connectivity index (χ1) is 13.5. The summed E-state index contributed by atoms with van der Waals surface area (Å²) >= 11 is 5.97. The fourth-order valence-corrected chi connectivity index (χ4v) is 3.99. The van der Waals surface area contributed by atoms with E-state index < -0.39 is 6.10 Å². The van der Waals surface area contributed by atoms with Gasteiger partial charge in [0.05, 0.1) is 11.8 Å². The van der Waals surface area contributed by atoms with Gasteiger partial charge in [0.1, 0.15) is 12.1 Å².